The van der Waals surface area contributed by atoms with Gasteiger partial charge in [-0.3, -0.25) is 19.5 Å². The van der Waals surface area contributed by atoms with Crippen LogP contribution in [0.1, 0.15) is 17.2 Å². The monoisotopic (exact) mass is 442 g/mol. The van der Waals surface area contributed by atoms with Gasteiger partial charge in [0.05, 0.1) is 12.6 Å². The van der Waals surface area contributed by atoms with E-state index in [1.165, 1.54) is 35.6 Å². The molecule has 1 aliphatic rings. The molecule has 0 radical (unpaired) electrons. The van der Waals surface area contributed by atoms with Crippen LogP contribution < -0.4 is 4.90 Å². The van der Waals surface area contributed by atoms with Gasteiger partial charge < -0.3 is 0 Å². The molecule has 162 valence electrons. The van der Waals surface area contributed by atoms with Crippen molar-refractivity contribution in [3.63, 3.8) is 0 Å². The first kappa shape index (κ1) is 21.5. The van der Waals surface area contributed by atoms with Crippen molar-refractivity contribution in [1.29, 1.82) is 0 Å². The number of halogens is 2. The van der Waals surface area contributed by atoms with Crippen LogP contribution >= 0.6 is 11.3 Å². The van der Waals surface area contributed by atoms with Crippen LogP contribution in [0, 0.1) is 11.6 Å². The summed E-state index contributed by atoms with van der Waals surface area (Å²) >= 11 is 1.44. The molecule has 0 unspecified atom stereocenters. The van der Waals surface area contributed by atoms with Crippen molar-refractivity contribution in [3.8, 4) is 0 Å². The fraction of sp³-hybridized carbons (Fsp3) is 0.304. The number of hydrogen-bond donors (Lipinski definition) is 0. The molecule has 31 heavy (non-hydrogen) atoms. The van der Waals surface area contributed by atoms with E-state index in [0.717, 1.165) is 37.3 Å². The third kappa shape index (κ3) is 5.15. The minimum Gasteiger partial charge on any atom is -0.292 e. The van der Waals surface area contributed by atoms with Gasteiger partial charge >= 0.3 is 0 Å². The number of carbonyl (C=O) groups is 1. The van der Waals surface area contributed by atoms with Crippen LogP contribution in [0.3, 0.4) is 0 Å². The Morgan fingerprint density at radius 2 is 1.55 bits per heavy atom. The highest BCUT2D eigenvalue weighted by atomic mass is 32.1. The summed E-state index contributed by atoms with van der Waals surface area (Å²) < 4.78 is 27.0. The number of amides is 1. The van der Waals surface area contributed by atoms with Crippen LogP contribution in [0.15, 0.2) is 60.1 Å². The Bertz CT molecular complexity index is 942. The topological polar surface area (TPSA) is 39.7 Å². The second-order valence-corrected chi connectivity index (χ2v) is 8.46. The van der Waals surface area contributed by atoms with Crippen molar-refractivity contribution >= 4 is 22.4 Å². The lowest BCUT2D eigenvalue weighted by molar-refractivity contribution is -0.119. The number of carbonyl (C=O) groups excluding carboxylic acids is 1. The van der Waals surface area contributed by atoms with Gasteiger partial charge in [-0.05, 0) is 35.4 Å². The summed E-state index contributed by atoms with van der Waals surface area (Å²) in [5, 5.41) is 2.54. The molecule has 4 rings (SSSR count). The molecule has 0 spiro atoms. The second-order valence-electron chi connectivity index (χ2n) is 7.59. The van der Waals surface area contributed by atoms with Crippen LogP contribution in [0.25, 0.3) is 0 Å². The van der Waals surface area contributed by atoms with Crippen molar-refractivity contribution in [2.45, 2.75) is 6.04 Å². The van der Waals surface area contributed by atoms with Gasteiger partial charge in [0.1, 0.15) is 11.6 Å². The fourth-order valence-corrected chi connectivity index (χ4v) is 4.49. The Labute approximate surface area is 184 Å². The lowest BCUT2D eigenvalue weighted by atomic mass is 9.96. The minimum atomic E-state index is -0.283. The van der Waals surface area contributed by atoms with Gasteiger partial charge in [0.15, 0.2) is 5.13 Å². The molecule has 1 amide bonds. The number of benzene rings is 2. The summed E-state index contributed by atoms with van der Waals surface area (Å²) in [7, 11) is 1.75. The molecule has 3 aromatic rings. The van der Waals surface area contributed by atoms with Gasteiger partial charge in [0.25, 0.3) is 0 Å². The molecule has 0 saturated carbocycles. The van der Waals surface area contributed by atoms with Crippen LogP contribution in [0.4, 0.5) is 13.9 Å². The van der Waals surface area contributed by atoms with Gasteiger partial charge in [-0.1, -0.05) is 24.3 Å². The predicted molar refractivity (Wildman–Crippen MR) is 118 cm³/mol. The van der Waals surface area contributed by atoms with Crippen LogP contribution in [0.2, 0.25) is 0 Å². The summed E-state index contributed by atoms with van der Waals surface area (Å²) in [5.74, 6) is -0.555. The highest BCUT2D eigenvalue weighted by Crippen LogP contribution is 2.30. The zero-order valence-electron chi connectivity index (χ0n) is 17.2. The first-order valence-corrected chi connectivity index (χ1v) is 11.0. The van der Waals surface area contributed by atoms with Gasteiger partial charge in [0, 0.05) is 44.8 Å². The average Bonchev–Trinajstić information content (AvgIpc) is 3.32. The van der Waals surface area contributed by atoms with E-state index < -0.39 is 0 Å². The first-order valence-electron chi connectivity index (χ1n) is 10.1. The van der Waals surface area contributed by atoms with E-state index in [2.05, 4.69) is 14.8 Å². The zero-order valence-corrected chi connectivity index (χ0v) is 18.1. The van der Waals surface area contributed by atoms with Crippen molar-refractivity contribution in [1.82, 2.24) is 14.8 Å². The molecular weight excluding hydrogens is 418 g/mol. The molecule has 1 aromatic heterocycles. The van der Waals surface area contributed by atoms with Gasteiger partial charge in [-0.15, -0.1) is 11.3 Å². The number of aromatic nitrogens is 1. The highest BCUT2D eigenvalue weighted by molar-refractivity contribution is 7.13. The standard InChI is InChI=1S/C23H24F2N4OS/c1-27(23-26-10-15-31-23)21(30)16-28-11-13-29(14-12-28)22(17-2-6-19(24)7-3-17)18-4-8-20(25)9-5-18/h2-10,15,22H,11-14,16H2,1H3. The normalized spacial score (nSPS) is 15.4. The van der Waals surface area contributed by atoms with Gasteiger partial charge in [-0.2, -0.15) is 0 Å². The molecule has 2 heterocycles. The van der Waals surface area contributed by atoms with E-state index in [1.807, 2.05) is 5.38 Å². The van der Waals surface area contributed by atoms with E-state index in [9.17, 15) is 13.6 Å². The maximum Gasteiger partial charge on any atom is 0.242 e. The lowest BCUT2D eigenvalue weighted by Crippen LogP contribution is -2.50. The number of nitrogens with zero attached hydrogens (tertiary/aromatic N) is 4. The summed E-state index contributed by atoms with van der Waals surface area (Å²) in [5.41, 5.74) is 1.92. The van der Waals surface area contributed by atoms with Gasteiger partial charge in [-0.25, -0.2) is 13.8 Å². The van der Waals surface area contributed by atoms with Crippen molar-refractivity contribution in [2.75, 3.05) is 44.7 Å². The number of anilines is 1. The van der Waals surface area contributed by atoms with E-state index >= 15 is 0 Å². The third-order valence-electron chi connectivity index (χ3n) is 5.58. The Hall–Kier alpha value is -2.68. The summed E-state index contributed by atoms with van der Waals surface area (Å²) in [4.78, 5) is 22.8. The van der Waals surface area contributed by atoms with E-state index in [1.54, 1.807) is 42.4 Å². The molecule has 2 aromatic carbocycles. The van der Waals surface area contributed by atoms with E-state index in [-0.39, 0.29) is 23.6 Å². The Morgan fingerprint density at radius 1 is 1.00 bits per heavy atom. The maximum absolute atomic E-state index is 13.5. The molecule has 0 aliphatic carbocycles. The molecular formula is C23H24F2N4OS. The minimum absolute atomic E-state index is 0.0111. The number of hydrogen-bond acceptors (Lipinski definition) is 5. The van der Waals surface area contributed by atoms with E-state index in [0.29, 0.717) is 11.7 Å². The molecule has 0 atom stereocenters. The molecule has 1 fully saturated rings. The SMILES string of the molecule is CN(C(=O)CN1CCN(C(c2ccc(F)cc2)c2ccc(F)cc2)CC1)c1nccs1. The quantitative estimate of drug-likeness (QED) is 0.582. The van der Waals surface area contributed by atoms with E-state index in [4.69, 9.17) is 0 Å². The number of likely N-dealkylation sites (N-methyl/N-ethyl adjacent to an activating group) is 1. The fourth-order valence-electron chi connectivity index (χ4n) is 3.87. The first-order chi connectivity index (χ1) is 15.0. The Morgan fingerprint density at radius 3 is 2.03 bits per heavy atom. The van der Waals surface area contributed by atoms with Crippen LogP contribution in [0.5, 0.6) is 0 Å². The zero-order chi connectivity index (χ0) is 21.8. The summed E-state index contributed by atoms with van der Waals surface area (Å²) in [6, 6.07) is 12.8. The second kappa shape index (κ2) is 9.64. The van der Waals surface area contributed by atoms with Crippen molar-refractivity contribution < 1.29 is 13.6 Å². The summed E-state index contributed by atoms with van der Waals surface area (Å²) in [6.07, 6.45) is 1.69. The van der Waals surface area contributed by atoms with Crippen molar-refractivity contribution in [2.24, 2.45) is 0 Å². The maximum atomic E-state index is 13.5. The molecule has 0 bridgehead atoms. The average molecular weight is 443 g/mol. The smallest absolute Gasteiger partial charge is 0.242 e. The summed E-state index contributed by atoms with van der Waals surface area (Å²) in [6.45, 7) is 3.29. The third-order valence-corrected chi connectivity index (χ3v) is 6.43. The molecule has 5 nitrogen and oxygen atoms in total. The molecule has 1 aliphatic heterocycles. The number of piperazine rings is 1. The molecule has 8 heteroatoms. The highest BCUT2D eigenvalue weighted by Gasteiger charge is 2.28. The van der Waals surface area contributed by atoms with Gasteiger partial charge in [0.2, 0.25) is 5.91 Å². The van der Waals surface area contributed by atoms with Crippen molar-refractivity contribution in [3.05, 3.63) is 82.9 Å². The Kier molecular flexibility index (Phi) is 6.70. The van der Waals surface area contributed by atoms with Crippen LogP contribution in [-0.2, 0) is 4.79 Å². The lowest BCUT2D eigenvalue weighted by Gasteiger charge is -2.39. The number of thiazole rings is 1. The predicted octanol–water partition coefficient (Wildman–Crippen LogP) is 3.79. The molecule has 1 saturated heterocycles. The number of rotatable bonds is 6. The largest absolute Gasteiger partial charge is 0.292 e. The Balaban J connectivity index is 1.44. The van der Waals surface area contributed by atoms with Crippen LogP contribution in [-0.4, -0.2) is 60.5 Å². The molecule has 0 N–H and O–H groups in total.